The minimum absolute atomic E-state index is 0.292. The smallest absolute Gasteiger partial charge is 0.0497 e. The average molecular weight is 275 g/mol. The van der Waals surface area contributed by atoms with Crippen LogP contribution in [0.15, 0.2) is 36.6 Å². The molecule has 0 aromatic rings. The quantitative estimate of drug-likeness (QED) is 0.513. The van der Waals surface area contributed by atoms with Gasteiger partial charge in [-0.15, -0.1) is 0 Å². The van der Waals surface area contributed by atoms with E-state index in [1.54, 1.807) is 0 Å². The van der Waals surface area contributed by atoms with Crippen molar-refractivity contribution in [2.45, 2.75) is 72.3 Å². The van der Waals surface area contributed by atoms with Gasteiger partial charge < -0.3 is 4.90 Å². The van der Waals surface area contributed by atoms with Gasteiger partial charge in [0.05, 0.1) is 0 Å². The lowest BCUT2D eigenvalue weighted by Gasteiger charge is -2.27. The number of hydrogen-bond donors (Lipinski definition) is 0. The van der Waals surface area contributed by atoms with Crippen LogP contribution in [0, 0.1) is 5.41 Å². The monoisotopic (exact) mass is 275 g/mol. The summed E-state index contributed by atoms with van der Waals surface area (Å²) in [7, 11) is 0. The van der Waals surface area contributed by atoms with Crippen LogP contribution in [0.3, 0.4) is 0 Å². The fraction of sp³-hybridized carbons (Fsp3) is 0.684. The molecule has 0 bridgehead atoms. The van der Waals surface area contributed by atoms with Gasteiger partial charge in [0.15, 0.2) is 0 Å². The molecule has 0 aromatic carbocycles. The zero-order valence-corrected chi connectivity index (χ0v) is 14.0. The van der Waals surface area contributed by atoms with Crippen molar-refractivity contribution >= 4 is 0 Å². The first-order chi connectivity index (χ1) is 9.39. The van der Waals surface area contributed by atoms with Gasteiger partial charge in [-0.2, -0.15) is 0 Å². The van der Waals surface area contributed by atoms with Gasteiger partial charge in [0.2, 0.25) is 0 Å². The molecule has 0 N–H and O–H groups in total. The number of likely N-dealkylation sites (tertiary alicyclic amines) is 1. The molecule has 1 aliphatic heterocycles. The summed E-state index contributed by atoms with van der Waals surface area (Å²) in [6.07, 6.45) is 11.7. The maximum absolute atomic E-state index is 4.34. The molecule has 0 aromatic heterocycles. The molecule has 1 fully saturated rings. The van der Waals surface area contributed by atoms with Gasteiger partial charge in [-0.25, -0.2) is 0 Å². The van der Waals surface area contributed by atoms with E-state index < -0.39 is 0 Å². The summed E-state index contributed by atoms with van der Waals surface area (Å²) >= 11 is 0. The molecular weight excluding hydrogens is 242 g/mol. The second-order valence-electron chi connectivity index (χ2n) is 6.89. The van der Waals surface area contributed by atoms with Gasteiger partial charge in [-0.05, 0) is 43.7 Å². The Balaban J connectivity index is 2.61. The van der Waals surface area contributed by atoms with Gasteiger partial charge in [0.1, 0.15) is 0 Å². The van der Waals surface area contributed by atoms with Gasteiger partial charge in [0.25, 0.3) is 0 Å². The number of allylic oxidation sites excluding steroid dienone is 2. The number of rotatable bonds is 8. The highest BCUT2D eigenvalue weighted by Crippen LogP contribution is 2.29. The van der Waals surface area contributed by atoms with E-state index in [-0.39, 0.29) is 0 Å². The van der Waals surface area contributed by atoms with Crippen molar-refractivity contribution in [1.82, 2.24) is 4.90 Å². The SMILES string of the molecule is C=C(CCC)CC(=C)C1CCCN1/C=C/C(C)(C)CC. The molecule has 0 amide bonds. The minimum atomic E-state index is 0.292. The molecule has 1 nitrogen and oxygen atoms in total. The Morgan fingerprint density at radius 3 is 2.60 bits per heavy atom. The third-order valence-corrected chi connectivity index (χ3v) is 4.47. The topological polar surface area (TPSA) is 3.24 Å². The first-order valence-corrected chi connectivity index (χ1v) is 8.19. The summed E-state index contributed by atoms with van der Waals surface area (Å²) in [4.78, 5) is 2.49. The van der Waals surface area contributed by atoms with Crippen molar-refractivity contribution in [3.05, 3.63) is 36.6 Å². The van der Waals surface area contributed by atoms with E-state index in [2.05, 4.69) is 58.0 Å². The Kier molecular flexibility index (Phi) is 6.58. The molecular formula is C19H33N. The predicted molar refractivity (Wildman–Crippen MR) is 90.7 cm³/mol. The molecule has 0 aliphatic carbocycles. The van der Waals surface area contributed by atoms with Gasteiger partial charge in [-0.3, -0.25) is 0 Å². The highest BCUT2D eigenvalue weighted by Gasteiger charge is 2.24. The van der Waals surface area contributed by atoms with Crippen molar-refractivity contribution in [3.63, 3.8) is 0 Å². The third-order valence-electron chi connectivity index (χ3n) is 4.47. The molecule has 114 valence electrons. The zero-order chi connectivity index (χ0) is 15.2. The Labute approximate surface area is 126 Å². The summed E-state index contributed by atoms with van der Waals surface area (Å²) in [5, 5.41) is 0. The fourth-order valence-corrected chi connectivity index (χ4v) is 2.70. The van der Waals surface area contributed by atoms with Crippen LogP contribution in [-0.2, 0) is 0 Å². The van der Waals surface area contributed by atoms with E-state index >= 15 is 0 Å². The van der Waals surface area contributed by atoms with Gasteiger partial charge in [0, 0.05) is 12.6 Å². The third kappa shape index (κ3) is 5.19. The van der Waals surface area contributed by atoms with Crippen LogP contribution in [0.1, 0.15) is 66.2 Å². The normalized spacial score (nSPS) is 19.8. The van der Waals surface area contributed by atoms with Crippen LogP contribution in [0.25, 0.3) is 0 Å². The van der Waals surface area contributed by atoms with Crippen molar-refractivity contribution < 1.29 is 0 Å². The van der Waals surface area contributed by atoms with E-state index in [1.807, 2.05) is 0 Å². The summed E-state index contributed by atoms with van der Waals surface area (Å²) < 4.78 is 0. The lowest BCUT2D eigenvalue weighted by atomic mass is 9.90. The molecule has 1 aliphatic rings. The van der Waals surface area contributed by atoms with Crippen molar-refractivity contribution in [2.75, 3.05) is 6.54 Å². The maximum atomic E-state index is 4.34. The van der Waals surface area contributed by atoms with Crippen LogP contribution in [0.4, 0.5) is 0 Å². The lowest BCUT2D eigenvalue weighted by molar-refractivity contribution is 0.370. The average Bonchev–Trinajstić information content (AvgIpc) is 2.85. The molecule has 20 heavy (non-hydrogen) atoms. The summed E-state index contributed by atoms with van der Waals surface area (Å²) in [5.74, 6) is 0. The molecule has 1 atom stereocenters. The standard InChI is InChI=1S/C19H33N/c1-7-10-16(3)15-17(4)18-11-9-13-20(18)14-12-19(5,6)8-2/h12,14,18H,3-4,7-11,13,15H2,1-2,5-6H3/b14-12+. The highest BCUT2D eigenvalue weighted by molar-refractivity contribution is 5.18. The second-order valence-corrected chi connectivity index (χ2v) is 6.89. The largest absolute Gasteiger partial charge is 0.371 e. The van der Waals surface area contributed by atoms with E-state index in [0.29, 0.717) is 11.5 Å². The van der Waals surface area contributed by atoms with E-state index in [1.165, 1.54) is 43.4 Å². The predicted octanol–water partition coefficient (Wildman–Crippen LogP) is 5.70. The van der Waals surface area contributed by atoms with Gasteiger partial charge >= 0.3 is 0 Å². The molecule has 1 saturated heterocycles. The maximum Gasteiger partial charge on any atom is 0.0497 e. The first-order valence-electron chi connectivity index (χ1n) is 8.19. The Bertz CT molecular complexity index is 362. The molecule has 1 rings (SSSR count). The van der Waals surface area contributed by atoms with E-state index in [0.717, 1.165) is 12.8 Å². The second kappa shape index (κ2) is 7.71. The Hall–Kier alpha value is -0.980. The summed E-state index contributed by atoms with van der Waals surface area (Å²) in [5.41, 5.74) is 2.97. The van der Waals surface area contributed by atoms with E-state index in [4.69, 9.17) is 0 Å². The zero-order valence-electron chi connectivity index (χ0n) is 14.0. The molecule has 0 saturated carbocycles. The van der Waals surface area contributed by atoms with Crippen LogP contribution in [0.2, 0.25) is 0 Å². The van der Waals surface area contributed by atoms with Crippen molar-refractivity contribution in [1.29, 1.82) is 0 Å². The van der Waals surface area contributed by atoms with Gasteiger partial charge in [-0.1, -0.05) is 64.5 Å². The Morgan fingerprint density at radius 2 is 2.00 bits per heavy atom. The summed E-state index contributed by atoms with van der Waals surface area (Å²) in [6, 6.07) is 0.521. The lowest BCUT2D eigenvalue weighted by Crippen LogP contribution is -2.26. The molecule has 1 unspecified atom stereocenters. The minimum Gasteiger partial charge on any atom is -0.371 e. The van der Waals surface area contributed by atoms with E-state index in [9.17, 15) is 0 Å². The first kappa shape index (κ1) is 17.1. The highest BCUT2D eigenvalue weighted by atomic mass is 15.2. The van der Waals surface area contributed by atoms with Crippen LogP contribution >= 0.6 is 0 Å². The summed E-state index contributed by atoms with van der Waals surface area (Å²) in [6.45, 7) is 18.7. The fourth-order valence-electron chi connectivity index (χ4n) is 2.70. The number of hydrogen-bond acceptors (Lipinski definition) is 1. The molecule has 0 spiro atoms. The Morgan fingerprint density at radius 1 is 1.30 bits per heavy atom. The van der Waals surface area contributed by atoms with Crippen LogP contribution < -0.4 is 0 Å². The molecule has 1 heterocycles. The van der Waals surface area contributed by atoms with Crippen molar-refractivity contribution in [3.8, 4) is 0 Å². The van der Waals surface area contributed by atoms with Crippen LogP contribution in [0.5, 0.6) is 0 Å². The molecule has 0 radical (unpaired) electrons. The number of nitrogens with zero attached hydrogens (tertiary/aromatic N) is 1. The van der Waals surface area contributed by atoms with Crippen molar-refractivity contribution in [2.24, 2.45) is 5.41 Å². The molecule has 1 heteroatoms. The van der Waals surface area contributed by atoms with Crippen LogP contribution in [-0.4, -0.2) is 17.5 Å².